The smallest absolute Gasteiger partial charge is 0.209 e. The minimum absolute atomic E-state index is 0.103. The highest BCUT2D eigenvalue weighted by Crippen LogP contribution is 2.31. The molecule has 3 aromatic rings. The monoisotopic (exact) mass is 346 g/mol. The molecule has 1 unspecified atom stereocenters. The summed E-state index contributed by atoms with van der Waals surface area (Å²) in [7, 11) is -3.21. The number of rotatable bonds is 3. The zero-order valence-electron chi connectivity index (χ0n) is 13.4. The van der Waals surface area contributed by atoms with E-state index in [1.165, 1.54) is 6.26 Å². The van der Waals surface area contributed by atoms with Crippen molar-refractivity contribution in [2.45, 2.75) is 19.4 Å². The van der Waals surface area contributed by atoms with Gasteiger partial charge in [0, 0.05) is 30.7 Å². The normalized spacial score (nSPS) is 18.8. The molecule has 9 heteroatoms. The van der Waals surface area contributed by atoms with E-state index in [2.05, 4.69) is 29.6 Å². The maximum Gasteiger partial charge on any atom is 0.209 e. The topological polar surface area (TPSA) is 104 Å². The number of sulfonamides is 1. The molecule has 1 aliphatic heterocycles. The molecule has 0 saturated carbocycles. The molecule has 1 fully saturated rings. The fourth-order valence-electron chi connectivity index (χ4n) is 3.31. The lowest BCUT2D eigenvalue weighted by Gasteiger charge is -2.20. The Balaban J connectivity index is 1.80. The number of pyridine rings is 1. The molecule has 4 heterocycles. The Hall–Kier alpha value is -2.26. The zero-order chi connectivity index (χ0) is 16.9. The Morgan fingerprint density at radius 1 is 1.38 bits per heavy atom. The molecule has 4 rings (SSSR count). The second kappa shape index (κ2) is 5.38. The van der Waals surface area contributed by atoms with Crippen molar-refractivity contribution < 1.29 is 8.42 Å². The van der Waals surface area contributed by atoms with Crippen LogP contribution < -0.4 is 9.62 Å². The molecular formula is C15H18N6O2S. The maximum absolute atomic E-state index is 11.5. The predicted octanol–water partition coefficient (Wildman–Crippen LogP) is 0.942. The Kier molecular flexibility index (Phi) is 3.43. The number of hydrogen-bond donors (Lipinski definition) is 2. The SMILES string of the molecule is Cc1nc(N2CCC(NS(C)(=O)=O)C2)c2c(cnc3[nH]ccc32)n1. The highest BCUT2D eigenvalue weighted by molar-refractivity contribution is 7.88. The van der Waals surface area contributed by atoms with Gasteiger partial charge in [0.1, 0.15) is 17.3 Å². The molecule has 3 aromatic heterocycles. The van der Waals surface area contributed by atoms with Crippen LogP contribution in [0.4, 0.5) is 5.82 Å². The van der Waals surface area contributed by atoms with Crippen LogP contribution in [0.15, 0.2) is 18.5 Å². The van der Waals surface area contributed by atoms with Gasteiger partial charge in [0.15, 0.2) is 0 Å². The fraction of sp³-hybridized carbons (Fsp3) is 0.400. The minimum Gasteiger partial charge on any atom is -0.354 e. The first-order valence-electron chi connectivity index (χ1n) is 7.73. The van der Waals surface area contributed by atoms with Gasteiger partial charge in [0.05, 0.1) is 23.4 Å². The van der Waals surface area contributed by atoms with E-state index in [1.807, 2.05) is 19.2 Å². The Morgan fingerprint density at radius 3 is 3.00 bits per heavy atom. The lowest BCUT2D eigenvalue weighted by Crippen LogP contribution is -2.36. The number of H-pyrrole nitrogens is 1. The van der Waals surface area contributed by atoms with Gasteiger partial charge in [-0.15, -0.1) is 0 Å². The third-order valence-corrected chi connectivity index (χ3v) is 4.97. The zero-order valence-corrected chi connectivity index (χ0v) is 14.3. The number of aromatic nitrogens is 4. The molecule has 1 saturated heterocycles. The summed E-state index contributed by atoms with van der Waals surface area (Å²) in [6.07, 6.45) is 5.53. The van der Waals surface area contributed by atoms with E-state index < -0.39 is 10.0 Å². The molecule has 8 nitrogen and oxygen atoms in total. The van der Waals surface area contributed by atoms with Crippen LogP contribution in [0.5, 0.6) is 0 Å². The van der Waals surface area contributed by atoms with Crippen molar-refractivity contribution in [3.05, 3.63) is 24.3 Å². The number of aromatic amines is 1. The van der Waals surface area contributed by atoms with Crippen LogP contribution in [0.3, 0.4) is 0 Å². The summed E-state index contributed by atoms with van der Waals surface area (Å²) >= 11 is 0. The fourth-order valence-corrected chi connectivity index (χ4v) is 4.10. The van der Waals surface area contributed by atoms with Crippen LogP contribution in [-0.4, -0.2) is 53.7 Å². The molecule has 0 aliphatic carbocycles. The Bertz CT molecular complexity index is 1030. The van der Waals surface area contributed by atoms with Crippen LogP contribution >= 0.6 is 0 Å². The first-order valence-corrected chi connectivity index (χ1v) is 9.62. The standard InChI is InChI=1S/C15H18N6O2S/c1-9-18-12-7-17-14-11(3-5-16-14)13(12)15(19-9)21-6-4-10(8-21)20-24(2,22)23/h3,5,7,10,20H,4,6,8H2,1-2H3,(H,16,17). The van der Waals surface area contributed by atoms with Crippen molar-refractivity contribution in [1.82, 2.24) is 24.7 Å². The summed E-state index contributed by atoms with van der Waals surface area (Å²) < 4.78 is 25.6. The molecule has 0 bridgehead atoms. The van der Waals surface area contributed by atoms with Gasteiger partial charge in [0.2, 0.25) is 10.0 Å². The van der Waals surface area contributed by atoms with Crippen LogP contribution in [-0.2, 0) is 10.0 Å². The molecule has 0 aromatic carbocycles. The van der Waals surface area contributed by atoms with Crippen molar-refractivity contribution in [3.8, 4) is 0 Å². The third-order valence-electron chi connectivity index (χ3n) is 4.21. The summed E-state index contributed by atoms with van der Waals surface area (Å²) in [5.74, 6) is 1.51. The first-order chi connectivity index (χ1) is 11.4. The van der Waals surface area contributed by atoms with Gasteiger partial charge in [-0.3, -0.25) is 0 Å². The molecule has 0 radical (unpaired) electrons. The average molecular weight is 346 g/mol. The van der Waals surface area contributed by atoms with Gasteiger partial charge in [-0.05, 0) is 19.4 Å². The molecule has 0 spiro atoms. The van der Waals surface area contributed by atoms with Crippen LogP contribution in [0.1, 0.15) is 12.2 Å². The first kappa shape index (κ1) is 15.3. The molecule has 1 aliphatic rings. The molecule has 126 valence electrons. The second-order valence-electron chi connectivity index (χ2n) is 6.17. The second-order valence-corrected chi connectivity index (χ2v) is 7.95. The van der Waals surface area contributed by atoms with E-state index in [1.54, 1.807) is 6.20 Å². The van der Waals surface area contributed by atoms with Gasteiger partial charge >= 0.3 is 0 Å². The number of nitrogens with one attached hydrogen (secondary N) is 2. The molecule has 24 heavy (non-hydrogen) atoms. The Morgan fingerprint density at radius 2 is 2.21 bits per heavy atom. The summed E-state index contributed by atoms with van der Waals surface area (Å²) in [6, 6.07) is 1.86. The van der Waals surface area contributed by atoms with Crippen molar-refractivity contribution in [2.75, 3.05) is 24.2 Å². The van der Waals surface area contributed by atoms with Crippen LogP contribution in [0, 0.1) is 6.92 Å². The predicted molar refractivity (Wildman–Crippen MR) is 92.5 cm³/mol. The molecular weight excluding hydrogens is 328 g/mol. The van der Waals surface area contributed by atoms with E-state index in [-0.39, 0.29) is 6.04 Å². The molecule has 0 amide bonds. The molecule has 1 atom stereocenters. The lowest BCUT2D eigenvalue weighted by atomic mass is 10.2. The van der Waals surface area contributed by atoms with Crippen molar-refractivity contribution in [2.24, 2.45) is 0 Å². The van der Waals surface area contributed by atoms with Gasteiger partial charge in [-0.25, -0.2) is 28.1 Å². The summed E-state index contributed by atoms with van der Waals surface area (Å²) in [4.78, 5) is 18.7. The van der Waals surface area contributed by atoms with E-state index in [4.69, 9.17) is 0 Å². The summed E-state index contributed by atoms with van der Waals surface area (Å²) in [6.45, 7) is 3.19. The van der Waals surface area contributed by atoms with E-state index in [9.17, 15) is 8.42 Å². The number of anilines is 1. The van der Waals surface area contributed by atoms with E-state index >= 15 is 0 Å². The summed E-state index contributed by atoms with van der Waals surface area (Å²) in [5.41, 5.74) is 1.59. The quantitative estimate of drug-likeness (QED) is 0.731. The minimum atomic E-state index is -3.21. The number of fused-ring (bicyclic) bond motifs is 3. The molecule has 2 N–H and O–H groups in total. The van der Waals surface area contributed by atoms with E-state index in [0.29, 0.717) is 12.4 Å². The lowest BCUT2D eigenvalue weighted by molar-refractivity contribution is 0.567. The van der Waals surface area contributed by atoms with Crippen molar-refractivity contribution in [3.63, 3.8) is 0 Å². The Labute approximate surface area is 139 Å². The largest absolute Gasteiger partial charge is 0.354 e. The van der Waals surface area contributed by atoms with Crippen LogP contribution in [0.2, 0.25) is 0 Å². The van der Waals surface area contributed by atoms with Crippen molar-refractivity contribution in [1.29, 1.82) is 0 Å². The summed E-state index contributed by atoms with van der Waals surface area (Å²) in [5, 5.41) is 1.92. The van der Waals surface area contributed by atoms with Crippen molar-refractivity contribution >= 4 is 37.8 Å². The number of aryl methyl sites for hydroxylation is 1. The highest BCUT2D eigenvalue weighted by atomic mass is 32.2. The third kappa shape index (κ3) is 2.69. The van der Waals surface area contributed by atoms with Gasteiger partial charge in [0.25, 0.3) is 0 Å². The number of nitrogens with zero attached hydrogens (tertiary/aromatic N) is 4. The maximum atomic E-state index is 11.5. The van der Waals surface area contributed by atoms with Gasteiger partial charge in [-0.1, -0.05) is 0 Å². The van der Waals surface area contributed by atoms with Gasteiger partial charge in [-0.2, -0.15) is 0 Å². The van der Waals surface area contributed by atoms with E-state index in [0.717, 1.165) is 40.7 Å². The highest BCUT2D eigenvalue weighted by Gasteiger charge is 2.27. The van der Waals surface area contributed by atoms with Gasteiger partial charge < -0.3 is 9.88 Å². The van der Waals surface area contributed by atoms with Crippen LogP contribution in [0.25, 0.3) is 21.9 Å². The number of hydrogen-bond acceptors (Lipinski definition) is 6. The average Bonchev–Trinajstić information content (AvgIpc) is 3.12.